The van der Waals surface area contributed by atoms with Crippen molar-refractivity contribution >= 4 is 35.4 Å². The van der Waals surface area contributed by atoms with E-state index in [1.54, 1.807) is 29.7 Å². The van der Waals surface area contributed by atoms with Crippen molar-refractivity contribution in [2.75, 3.05) is 16.9 Å². The molecule has 354 valence electrons. The Balaban J connectivity index is 0.000000141. The van der Waals surface area contributed by atoms with Gasteiger partial charge in [-0.1, -0.05) is 24.3 Å². The summed E-state index contributed by atoms with van der Waals surface area (Å²) in [7, 11) is 1.34. The van der Waals surface area contributed by atoms with Crippen molar-refractivity contribution in [1.82, 2.24) is 35.4 Å². The third-order valence-corrected chi connectivity index (χ3v) is 13.0. The number of aryl methyl sites for hydroxylation is 3. The third-order valence-electron chi connectivity index (χ3n) is 12.8. The number of benzene rings is 2. The number of anilines is 2. The molecule has 0 saturated carbocycles. The minimum Gasteiger partial charge on any atom is -0.465 e. The highest BCUT2D eigenvalue weighted by atomic mass is 35.5. The summed E-state index contributed by atoms with van der Waals surface area (Å²) in [6.07, 6.45) is -11.4. The van der Waals surface area contributed by atoms with Crippen molar-refractivity contribution in [1.29, 1.82) is 0 Å². The number of hydroxylamine groups is 1. The highest BCUT2D eigenvalue weighted by Gasteiger charge is 2.44. The topological polar surface area (TPSA) is 168 Å². The van der Waals surface area contributed by atoms with Crippen molar-refractivity contribution in [3.63, 3.8) is 0 Å². The van der Waals surface area contributed by atoms with Crippen molar-refractivity contribution in [2.24, 2.45) is 17.8 Å². The molecule has 0 saturated heterocycles. The van der Waals surface area contributed by atoms with E-state index >= 15 is 0 Å². The summed E-state index contributed by atoms with van der Waals surface area (Å²) < 4.78 is 120. The number of carbonyl (C=O) groups is 2. The Hall–Kier alpha value is -5.77. The summed E-state index contributed by atoms with van der Waals surface area (Å²) in [4.78, 5) is 49.2. The van der Waals surface area contributed by atoms with Gasteiger partial charge in [-0.2, -0.15) is 39.5 Å². The monoisotopic (exact) mass is 955 g/mol. The lowest BCUT2D eigenvalue weighted by molar-refractivity contribution is -0.178. The fourth-order valence-corrected chi connectivity index (χ4v) is 9.45. The largest absolute Gasteiger partial charge is 0.465 e. The number of amides is 1. The first-order valence-electron chi connectivity index (χ1n) is 21.0. The Kier molecular flexibility index (Phi) is 12.8. The number of hydrogen-bond acceptors (Lipinski definition) is 9. The van der Waals surface area contributed by atoms with Crippen LogP contribution in [0.15, 0.2) is 36.4 Å². The number of rotatable bonds is 4. The van der Waals surface area contributed by atoms with Crippen LogP contribution < -0.4 is 15.3 Å². The number of ether oxygens (including phenoxy) is 1. The number of alkyl halides is 9. The molecular formula is C43H43ClF9N9O4. The molecule has 3 aliphatic carbocycles. The summed E-state index contributed by atoms with van der Waals surface area (Å²) in [5, 5.41) is 9.06. The number of aromatic amines is 3. The van der Waals surface area contributed by atoms with Crippen molar-refractivity contribution in [3.05, 3.63) is 109 Å². The van der Waals surface area contributed by atoms with Crippen LogP contribution in [0.5, 0.6) is 0 Å². The Morgan fingerprint density at radius 2 is 1.06 bits per heavy atom. The van der Waals surface area contributed by atoms with Gasteiger partial charge < -0.3 is 29.5 Å². The molecule has 0 fully saturated rings. The quantitative estimate of drug-likeness (QED) is 0.0512. The van der Waals surface area contributed by atoms with Crippen LogP contribution in [0.3, 0.4) is 0 Å². The fraction of sp³-hybridized carbons (Fsp3) is 0.465. The number of halogens is 10. The van der Waals surface area contributed by atoms with E-state index in [-0.39, 0.29) is 43.8 Å². The Labute approximate surface area is 375 Å². The maximum atomic E-state index is 13.0. The van der Waals surface area contributed by atoms with Crippen LogP contribution in [0.4, 0.5) is 51.4 Å². The van der Waals surface area contributed by atoms with E-state index in [4.69, 9.17) is 21.5 Å². The number of H-pyrrole nitrogens is 3. The number of fused-ring (bicyclic) bond motifs is 5. The van der Waals surface area contributed by atoms with Gasteiger partial charge in [0.05, 0.1) is 47.5 Å². The second-order valence-corrected chi connectivity index (χ2v) is 17.3. The number of nitrogens with zero attached hydrogens (tertiary/aromatic N) is 5. The molecule has 0 bridgehead atoms. The summed E-state index contributed by atoms with van der Waals surface area (Å²) in [6.45, 7) is 1.91. The van der Waals surface area contributed by atoms with Gasteiger partial charge in [0.2, 0.25) is 11.9 Å². The molecule has 13 nitrogen and oxygen atoms in total. The highest BCUT2D eigenvalue weighted by Crippen LogP contribution is 2.41. The number of imidazole rings is 3. The smallest absolute Gasteiger partial charge is 0.392 e. The van der Waals surface area contributed by atoms with Crippen molar-refractivity contribution in [3.8, 4) is 0 Å². The first-order chi connectivity index (χ1) is 31.2. The normalized spacial score (nSPS) is 19.8. The molecule has 66 heavy (non-hydrogen) atoms. The molecule has 0 spiro atoms. The van der Waals surface area contributed by atoms with Gasteiger partial charge >= 0.3 is 24.5 Å². The van der Waals surface area contributed by atoms with E-state index in [1.807, 2.05) is 21.9 Å². The molecule has 5 heterocycles. The lowest BCUT2D eigenvalue weighted by atomic mass is 9.89. The molecule has 10 rings (SSSR count). The first kappa shape index (κ1) is 46.7. The summed E-state index contributed by atoms with van der Waals surface area (Å²) in [6, 6.07) is 10.7. The molecule has 1 amide bonds. The average molecular weight is 956 g/mol. The highest BCUT2D eigenvalue weighted by molar-refractivity contribution is 6.28. The molecule has 3 aromatic heterocycles. The molecule has 2 aliphatic heterocycles. The molecule has 3 unspecified atom stereocenters. The van der Waals surface area contributed by atoms with Crippen LogP contribution in [-0.4, -0.2) is 72.6 Å². The van der Waals surface area contributed by atoms with E-state index in [9.17, 15) is 49.1 Å². The third kappa shape index (κ3) is 9.84. The predicted molar refractivity (Wildman–Crippen MR) is 219 cm³/mol. The van der Waals surface area contributed by atoms with Gasteiger partial charge in [-0.25, -0.2) is 25.2 Å². The van der Waals surface area contributed by atoms with E-state index in [2.05, 4.69) is 29.9 Å². The van der Waals surface area contributed by atoms with Gasteiger partial charge in [-0.05, 0) is 84.5 Å². The van der Waals surface area contributed by atoms with Crippen molar-refractivity contribution in [2.45, 2.75) is 102 Å². The number of nitrogens with one attached hydrogen (secondary N) is 4. The van der Waals surface area contributed by atoms with E-state index in [0.717, 1.165) is 22.3 Å². The maximum Gasteiger partial charge on any atom is 0.392 e. The predicted octanol–water partition coefficient (Wildman–Crippen LogP) is 8.83. The van der Waals surface area contributed by atoms with Crippen LogP contribution in [0.2, 0.25) is 5.28 Å². The first-order valence-corrected chi connectivity index (χ1v) is 21.4. The van der Waals surface area contributed by atoms with Gasteiger partial charge in [0.1, 0.15) is 0 Å². The standard InChI is InChI=1S/C18H18F3N3O2.C17H17F3N4O2.C8H8ClF3N2/c1-26-16(25)12-4-2-3-10-8-24(9-13(10)12)17-22-14-6-5-11(18(19,20)21)7-15(14)23-17;18-17(19,20)10-4-5-13-14(6-10)22-16(21-13)24-7-9-2-1-3-11(12(9)8-24)15(25)23-26;9-7-13-5-2-1-4(8(10,11)12)3-6(5)14-7/h2-4,11H,5-9H2,1H3,(H,22,23);1-3,10,26H,4-8H2,(H,21,22)(H,23,25);4H,1-3H2,(H,13,14). The number of esters is 1. The van der Waals surface area contributed by atoms with Crippen LogP contribution in [0, 0.1) is 17.8 Å². The summed E-state index contributed by atoms with van der Waals surface area (Å²) >= 11 is 5.56. The van der Waals surface area contributed by atoms with Crippen molar-refractivity contribution < 1.29 is 59.0 Å². The molecule has 5 N–H and O–H groups in total. The molecule has 5 aliphatic rings. The average Bonchev–Trinajstić information content (AvgIpc) is 4.12. The minimum absolute atomic E-state index is 0.0292. The molecule has 5 aromatic rings. The van der Waals surface area contributed by atoms with Crippen LogP contribution in [-0.2, 0) is 69.4 Å². The molecular weight excluding hydrogens is 913 g/mol. The number of hydrogen-bond donors (Lipinski definition) is 5. The maximum absolute atomic E-state index is 13.0. The van der Waals surface area contributed by atoms with Gasteiger partial charge in [-0.15, -0.1) is 0 Å². The zero-order valence-corrected chi connectivity index (χ0v) is 35.8. The number of carbonyl (C=O) groups excluding carboxylic acids is 2. The lowest BCUT2D eigenvalue weighted by Crippen LogP contribution is -2.28. The Morgan fingerprint density at radius 3 is 1.48 bits per heavy atom. The zero-order chi connectivity index (χ0) is 47.3. The van der Waals surface area contributed by atoms with E-state index < -0.39 is 48.2 Å². The number of aromatic nitrogens is 6. The SMILES string of the molecule is COC(=O)c1cccc2c1CN(c1nc3c([nH]1)CC(C(F)(F)F)CC3)C2.FC(F)(F)C1CCc2nc(Cl)[nH]c2C1.O=C(NO)c1cccc2c1CN(c1nc3c([nH]1)CC(C(F)(F)F)CC3)C2. The molecule has 3 atom stereocenters. The second-order valence-electron chi connectivity index (χ2n) is 16.9. The van der Waals surface area contributed by atoms with Gasteiger partial charge in [0, 0.05) is 68.1 Å². The molecule has 2 aromatic carbocycles. The van der Waals surface area contributed by atoms with Crippen LogP contribution in [0.25, 0.3) is 0 Å². The Bertz CT molecular complexity index is 2460. The fourth-order valence-electron chi connectivity index (χ4n) is 9.23. The van der Waals surface area contributed by atoms with E-state index in [0.29, 0.717) is 103 Å². The van der Waals surface area contributed by atoms with E-state index in [1.165, 1.54) is 7.11 Å². The summed E-state index contributed by atoms with van der Waals surface area (Å²) in [5.74, 6) is -3.81. The van der Waals surface area contributed by atoms with Gasteiger partial charge in [0.25, 0.3) is 5.91 Å². The van der Waals surface area contributed by atoms with Crippen LogP contribution in [0.1, 0.15) is 96.4 Å². The number of methoxy groups -OCH3 is 1. The summed E-state index contributed by atoms with van der Waals surface area (Å²) in [5.41, 5.74) is 9.82. The van der Waals surface area contributed by atoms with Gasteiger partial charge in [0.15, 0.2) is 5.28 Å². The second kappa shape index (κ2) is 18.1. The lowest BCUT2D eigenvalue weighted by Gasteiger charge is -2.23. The zero-order valence-electron chi connectivity index (χ0n) is 35.1. The molecule has 23 heteroatoms. The minimum atomic E-state index is -4.20. The molecule has 0 radical (unpaired) electrons. The van der Waals surface area contributed by atoms with Crippen LogP contribution >= 0.6 is 11.6 Å². The Morgan fingerprint density at radius 1 is 0.652 bits per heavy atom. The van der Waals surface area contributed by atoms with Gasteiger partial charge in [-0.3, -0.25) is 10.0 Å².